The van der Waals surface area contributed by atoms with Gasteiger partial charge in [-0.1, -0.05) is 20.8 Å². The summed E-state index contributed by atoms with van der Waals surface area (Å²) < 4.78 is 0. The maximum absolute atomic E-state index is 3.64. The minimum Gasteiger partial charge on any atom is -0.313 e. The van der Waals surface area contributed by atoms with Crippen molar-refractivity contribution in [1.82, 2.24) is 15.1 Å². The first-order valence-corrected chi connectivity index (χ1v) is 7.90. The van der Waals surface area contributed by atoms with Crippen LogP contribution >= 0.6 is 0 Å². The summed E-state index contributed by atoms with van der Waals surface area (Å²) in [7, 11) is 0. The molecular formula is C15H31N3. The summed E-state index contributed by atoms with van der Waals surface area (Å²) in [5.41, 5.74) is 0. The van der Waals surface area contributed by atoms with Gasteiger partial charge < -0.3 is 10.2 Å². The smallest absolute Gasteiger partial charge is 0.0235 e. The monoisotopic (exact) mass is 253 g/mol. The Bertz CT molecular complexity index is 236. The number of likely N-dealkylation sites (tertiary alicyclic amines) is 2. The van der Waals surface area contributed by atoms with E-state index in [4.69, 9.17) is 0 Å². The first-order valence-electron chi connectivity index (χ1n) is 7.90. The average molecular weight is 253 g/mol. The Morgan fingerprint density at radius 2 is 1.89 bits per heavy atom. The summed E-state index contributed by atoms with van der Waals surface area (Å²) in [5, 5.41) is 3.64. The van der Waals surface area contributed by atoms with E-state index < -0.39 is 0 Å². The van der Waals surface area contributed by atoms with Crippen LogP contribution in [0.4, 0.5) is 0 Å². The molecule has 0 aliphatic carbocycles. The van der Waals surface area contributed by atoms with Crippen molar-refractivity contribution in [2.75, 3.05) is 39.3 Å². The lowest BCUT2D eigenvalue weighted by Gasteiger charge is -2.28. The largest absolute Gasteiger partial charge is 0.313 e. The van der Waals surface area contributed by atoms with E-state index in [2.05, 4.69) is 35.9 Å². The van der Waals surface area contributed by atoms with Gasteiger partial charge in [-0.3, -0.25) is 4.90 Å². The van der Waals surface area contributed by atoms with Crippen LogP contribution in [0, 0.1) is 5.92 Å². The van der Waals surface area contributed by atoms with Gasteiger partial charge in [-0.25, -0.2) is 0 Å². The van der Waals surface area contributed by atoms with E-state index in [0.717, 1.165) is 18.5 Å². The molecule has 0 aromatic rings. The minimum atomic E-state index is 0.660. The van der Waals surface area contributed by atoms with Gasteiger partial charge in [0.2, 0.25) is 0 Å². The van der Waals surface area contributed by atoms with Gasteiger partial charge >= 0.3 is 0 Å². The second-order valence-electron chi connectivity index (χ2n) is 6.35. The van der Waals surface area contributed by atoms with E-state index in [0.29, 0.717) is 6.04 Å². The van der Waals surface area contributed by atoms with Crippen molar-refractivity contribution < 1.29 is 0 Å². The molecule has 2 rings (SSSR count). The van der Waals surface area contributed by atoms with Crippen molar-refractivity contribution in [2.45, 2.75) is 52.1 Å². The Hall–Kier alpha value is -0.120. The van der Waals surface area contributed by atoms with Crippen molar-refractivity contribution in [1.29, 1.82) is 0 Å². The number of nitrogens with one attached hydrogen (secondary N) is 1. The third kappa shape index (κ3) is 3.69. The van der Waals surface area contributed by atoms with Gasteiger partial charge in [-0.05, 0) is 51.4 Å². The molecule has 0 aromatic heterocycles. The number of likely N-dealkylation sites (N-methyl/N-ethyl adjacent to an activating group) is 1. The zero-order valence-electron chi connectivity index (χ0n) is 12.5. The molecular weight excluding hydrogens is 222 g/mol. The molecule has 3 nitrogen and oxygen atoms in total. The molecule has 18 heavy (non-hydrogen) atoms. The third-order valence-corrected chi connectivity index (χ3v) is 4.63. The number of hydrogen-bond donors (Lipinski definition) is 1. The van der Waals surface area contributed by atoms with Crippen LogP contribution in [0.25, 0.3) is 0 Å². The predicted octanol–water partition coefficient (Wildman–Crippen LogP) is 1.79. The maximum atomic E-state index is 3.64. The Morgan fingerprint density at radius 3 is 2.50 bits per heavy atom. The lowest BCUT2D eigenvalue weighted by Crippen LogP contribution is -2.44. The molecule has 106 valence electrons. The fraction of sp³-hybridized carbons (Fsp3) is 1.00. The molecule has 0 spiro atoms. The van der Waals surface area contributed by atoms with E-state index >= 15 is 0 Å². The highest BCUT2D eigenvalue weighted by molar-refractivity contribution is 4.87. The summed E-state index contributed by atoms with van der Waals surface area (Å²) in [6, 6.07) is 1.51. The van der Waals surface area contributed by atoms with Crippen molar-refractivity contribution in [3.05, 3.63) is 0 Å². The highest BCUT2D eigenvalue weighted by atomic mass is 15.3. The van der Waals surface area contributed by atoms with Gasteiger partial charge in [0.25, 0.3) is 0 Å². The van der Waals surface area contributed by atoms with Gasteiger partial charge in [0.05, 0.1) is 0 Å². The molecule has 1 N–H and O–H groups in total. The lowest BCUT2D eigenvalue weighted by atomic mass is 10.0. The van der Waals surface area contributed by atoms with Crippen LogP contribution in [0.2, 0.25) is 0 Å². The van der Waals surface area contributed by atoms with Gasteiger partial charge in [0.1, 0.15) is 0 Å². The Labute approximate surface area is 113 Å². The highest BCUT2D eigenvalue weighted by Crippen LogP contribution is 2.21. The highest BCUT2D eigenvalue weighted by Gasteiger charge is 2.30. The molecule has 2 atom stereocenters. The zero-order chi connectivity index (χ0) is 13.0. The Balaban J connectivity index is 1.77. The summed E-state index contributed by atoms with van der Waals surface area (Å²) in [6.07, 6.45) is 4.22. The summed E-state index contributed by atoms with van der Waals surface area (Å²) >= 11 is 0. The average Bonchev–Trinajstić information content (AvgIpc) is 2.98. The molecule has 0 radical (unpaired) electrons. The molecule has 0 saturated carbocycles. The molecule has 2 unspecified atom stereocenters. The van der Waals surface area contributed by atoms with Crippen molar-refractivity contribution >= 4 is 0 Å². The van der Waals surface area contributed by atoms with E-state index in [-0.39, 0.29) is 0 Å². The van der Waals surface area contributed by atoms with Gasteiger partial charge in [-0.2, -0.15) is 0 Å². The third-order valence-electron chi connectivity index (χ3n) is 4.63. The van der Waals surface area contributed by atoms with Crippen LogP contribution in [-0.2, 0) is 0 Å². The van der Waals surface area contributed by atoms with E-state index in [1.54, 1.807) is 0 Å². The molecule has 2 saturated heterocycles. The van der Waals surface area contributed by atoms with E-state index in [9.17, 15) is 0 Å². The number of nitrogens with zero attached hydrogens (tertiary/aromatic N) is 2. The van der Waals surface area contributed by atoms with Crippen LogP contribution in [-0.4, -0.2) is 61.2 Å². The van der Waals surface area contributed by atoms with Crippen LogP contribution in [0.15, 0.2) is 0 Å². The molecule has 0 bridgehead atoms. The summed E-state index contributed by atoms with van der Waals surface area (Å²) in [4.78, 5) is 5.40. The fourth-order valence-electron chi connectivity index (χ4n) is 3.43. The second kappa shape index (κ2) is 6.88. The van der Waals surface area contributed by atoms with Crippen LogP contribution in [0.1, 0.15) is 40.0 Å². The predicted molar refractivity (Wildman–Crippen MR) is 78.0 cm³/mol. The summed E-state index contributed by atoms with van der Waals surface area (Å²) in [5.74, 6) is 0.732. The molecule has 2 aliphatic rings. The van der Waals surface area contributed by atoms with Gasteiger partial charge in [0, 0.05) is 25.2 Å². The zero-order valence-corrected chi connectivity index (χ0v) is 12.5. The van der Waals surface area contributed by atoms with Crippen LogP contribution in [0.5, 0.6) is 0 Å². The maximum Gasteiger partial charge on any atom is 0.0235 e. The van der Waals surface area contributed by atoms with Crippen molar-refractivity contribution in [3.8, 4) is 0 Å². The Kier molecular flexibility index (Phi) is 5.46. The quantitative estimate of drug-likeness (QED) is 0.778. The molecule has 2 fully saturated rings. The van der Waals surface area contributed by atoms with Gasteiger partial charge in [-0.15, -0.1) is 0 Å². The summed E-state index contributed by atoms with van der Waals surface area (Å²) in [6.45, 7) is 14.5. The molecule has 2 aliphatic heterocycles. The second-order valence-corrected chi connectivity index (χ2v) is 6.35. The van der Waals surface area contributed by atoms with E-state index in [1.807, 2.05) is 0 Å². The fourth-order valence-corrected chi connectivity index (χ4v) is 3.43. The lowest BCUT2D eigenvalue weighted by molar-refractivity contribution is 0.213. The molecule has 0 amide bonds. The molecule has 0 aromatic carbocycles. The first kappa shape index (κ1) is 14.3. The number of hydrogen-bond acceptors (Lipinski definition) is 3. The Morgan fingerprint density at radius 1 is 1.17 bits per heavy atom. The molecule has 3 heteroatoms. The van der Waals surface area contributed by atoms with Crippen molar-refractivity contribution in [3.63, 3.8) is 0 Å². The van der Waals surface area contributed by atoms with Crippen LogP contribution < -0.4 is 5.32 Å². The van der Waals surface area contributed by atoms with Crippen molar-refractivity contribution in [2.24, 2.45) is 5.92 Å². The SMILES string of the molecule is CCNC(CN1CCC(N2CCCC2)C1)C(C)C. The normalized spacial score (nSPS) is 28.3. The van der Waals surface area contributed by atoms with E-state index in [1.165, 1.54) is 52.0 Å². The number of rotatable bonds is 6. The first-order chi connectivity index (χ1) is 8.70. The van der Waals surface area contributed by atoms with Gasteiger partial charge in [0.15, 0.2) is 0 Å². The molecule has 2 heterocycles. The standard InChI is InChI=1S/C15H31N3/c1-4-16-15(13(2)3)12-17-10-7-14(11-17)18-8-5-6-9-18/h13-16H,4-12H2,1-3H3. The topological polar surface area (TPSA) is 18.5 Å². The van der Waals surface area contributed by atoms with Crippen LogP contribution in [0.3, 0.4) is 0 Å². The minimum absolute atomic E-state index is 0.660.